The van der Waals surface area contributed by atoms with Crippen LogP contribution in [-0.2, 0) is 6.54 Å². The van der Waals surface area contributed by atoms with Crippen LogP contribution in [0.5, 0.6) is 0 Å². The number of hydrogen-bond donors (Lipinski definition) is 3. The lowest BCUT2D eigenvalue weighted by molar-refractivity contribution is 0.1000. The van der Waals surface area contributed by atoms with Gasteiger partial charge < -0.3 is 16.4 Å². The van der Waals surface area contributed by atoms with E-state index in [0.29, 0.717) is 18.2 Å². The third-order valence-electron chi connectivity index (χ3n) is 4.25. The summed E-state index contributed by atoms with van der Waals surface area (Å²) in [5, 5.41) is 6.78. The lowest BCUT2D eigenvalue weighted by Crippen LogP contribution is -2.44. The molecule has 1 aliphatic carbocycles. The quantitative estimate of drug-likeness (QED) is 0.588. The summed E-state index contributed by atoms with van der Waals surface area (Å²) in [5.41, 5.74) is 6.85. The minimum atomic E-state index is -0.402. The van der Waals surface area contributed by atoms with Crippen LogP contribution in [-0.4, -0.2) is 25.0 Å². The Morgan fingerprint density at radius 3 is 2.68 bits per heavy atom. The summed E-state index contributed by atoms with van der Waals surface area (Å²) in [4.78, 5) is 15.5. The van der Waals surface area contributed by atoms with Crippen molar-refractivity contribution in [3.05, 3.63) is 35.4 Å². The number of carbonyl (C=O) groups excluding carboxylic acids is 1. The highest BCUT2D eigenvalue weighted by atomic mass is 16.1. The number of primary amides is 1. The highest BCUT2D eigenvalue weighted by Gasteiger charge is 2.18. The maximum Gasteiger partial charge on any atom is 0.248 e. The Balaban J connectivity index is 1.86. The molecule has 0 radical (unpaired) electrons. The normalized spacial score (nSPS) is 22.2. The van der Waals surface area contributed by atoms with Crippen molar-refractivity contribution in [2.24, 2.45) is 16.6 Å². The summed E-state index contributed by atoms with van der Waals surface area (Å²) in [7, 11) is 1.78. The first-order valence-corrected chi connectivity index (χ1v) is 7.94. The summed E-state index contributed by atoms with van der Waals surface area (Å²) in [6.45, 7) is 2.93. The molecular weight excluding hydrogens is 276 g/mol. The molecule has 1 aliphatic rings. The Labute approximate surface area is 132 Å². The zero-order valence-corrected chi connectivity index (χ0v) is 13.4. The van der Waals surface area contributed by atoms with E-state index in [-0.39, 0.29) is 0 Å². The Morgan fingerprint density at radius 2 is 2.05 bits per heavy atom. The van der Waals surface area contributed by atoms with Gasteiger partial charge in [-0.15, -0.1) is 0 Å². The van der Waals surface area contributed by atoms with Gasteiger partial charge >= 0.3 is 0 Å². The van der Waals surface area contributed by atoms with Crippen molar-refractivity contribution < 1.29 is 4.79 Å². The molecule has 120 valence electrons. The first kappa shape index (κ1) is 16.3. The molecule has 0 aliphatic heterocycles. The van der Waals surface area contributed by atoms with Gasteiger partial charge in [0.1, 0.15) is 0 Å². The molecule has 5 nitrogen and oxygen atoms in total. The Morgan fingerprint density at radius 1 is 1.32 bits per heavy atom. The van der Waals surface area contributed by atoms with Gasteiger partial charge in [-0.1, -0.05) is 19.1 Å². The summed E-state index contributed by atoms with van der Waals surface area (Å²) < 4.78 is 0. The number of aliphatic imine (C=N–C) groups is 1. The molecule has 0 saturated heterocycles. The zero-order chi connectivity index (χ0) is 15.9. The van der Waals surface area contributed by atoms with Gasteiger partial charge in [-0.2, -0.15) is 0 Å². The van der Waals surface area contributed by atoms with Crippen LogP contribution < -0.4 is 16.4 Å². The van der Waals surface area contributed by atoms with E-state index in [0.717, 1.165) is 17.4 Å². The molecule has 1 amide bonds. The molecule has 0 bridgehead atoms. The average molecular weight is 302 g/mol. The molecule has 1 aromatic carbocycles. The van der Waals surface area contributed by atoms with Crippen molar-refractivity contribution >= 4 is 11.9 Å². The molecule has 1 aromatic rings. The van der Waals surface area contributed by atoms with Crippen LogP contribution in [0.25, 0.3) is 0 Å². The molecular formula is C17H26N4O. The standard InChI is InChI=1S/C17H26N4O/c1-12-6-8-15(9-7-12)21-17(19-2)20-11-13-4-3-5-14(10-13)16(18)22/h3-5,10,12,15H,6-9,11H2,1-2H3,(H2,18,22)(H2,19,20,21). The van der Waals surface area contributed by atoms with Crippen LogP contribution in [0.2, 0.25) is 0 Å². The topological polar surface area (TPSA) is 79.5 Å². The van der Waals surface area contributed by atoms with Crippen molar-refractivity contribution in [1.82, 2.24) is 10.6 Å². The Kier molecular flexibility index (Phi) is 5.81. The molecule has 0 heterocycles. The van der Waals surface area contributed by atoms with Crippen molar-refractivity contribution in [3.8, 4) is 0 Å². The van der Waals surface area contributed by atoms with E-state index in [9.17, 15) is 4.79 Å². The minimum absolute atomic E-state index is 0.402. The SMILES string of the molecule is CN=C(NCc1cccc(C(N)=O)c1)NC1CCC(C)CC1. The first-order chi connectivity index (χ1) is 10.6. The molecule has 0 unspecified atom stereocenters. The number of nitrogens with zero attached hydrogens (tertiary/aromatic N) is 1. The van der Waals surface area contributed by atoms with E-state index in [2.05, 4.69) is 22.5 Å². The number of amides is 1. The van der Waals surface area contributed by atoms with Gasteiger partial charge in [0.2, 0.25) is 5.91 Å². The van der Waals surface area contributed by atoms with Crippen molar-refractivity contribution in [1.29, 1.82) is 0 Å². The third-order valence-corrected chi connectivity index (χ3v) is 4.25. The highest BCUT2D eigenvalue weighted by Crippen LogP contribution is 2.23. The van der Waals surface area contributed by atoms with Gasteiger partial charge in [-0.3, -0.25) is 9.79 Å². The second-order valence-electron chi connectivity index (χ2n) is 6.09. The number of nitrogens with two attached hydrogens (primary N) is 1. The number of rotatable bonds is 4. The molecule has 2 rings (SSSR count). The van der Waals surface area contributed by atoms with Crippen molar-refractivity contribution in [3.63, 3.8) is 0 Å². The monoisotopic (exact) mass is 302 g/mol. The summed E-state index contributed by atoms with van der Waals surface area (Å²) >= 11 is 0. The van der Waals surface area contributed by atoms with Crippen molar-refractivity contribution in [2.75, 3.05) is 7.05 Å². The summed E-state index contributed by atoms with van der Waals surface area (Å²) in [6, 6.07) is 7.84. The van der Waals surface area contributed by atoms with Gasteiger partial charge in [-0.05, 0) is 49.3 Å². The second kappa shape index (κ2) is 7.82. The minimum Gasteiger partial charge on any atom is -0.366 e. The molecule has 5 heteroatoms. The lowest BCUT2D eigenvalue weighted by Gasteiger charge is -2.28. The largest absolute Gasteiger partial charge is 0.366 e. The molecule has 0 aromatic heterocycles. The smallest absolute Gasteiger partial charge is 0.248 e. The summed E-state index contributed by atoms with van der Waals surface area (Å²) in [5.74, 6) is 1.24. The number of nitrogens with one attached hydrogen (secondary N) is 2. The van der Waals surface area contributed by atoms with E-state index in [1.807, 2.05) is 18.2 Å². The third kappa shape index (κ3) is 4.76. The fourth-order valence-corrected chi connectivity index (χ4v) is 2.81. The predicted octanol–water partition coefficient (Wildman–Crippen LogP) is 2.03. The zero-order valence-electron chi connectivity index (χ0n) is 13.4. The molecule has 1 saturated carbocycles. The Hall–Kier alpha value is -2.04. The maximum absolute atomic E-state index is 11.2. The van der Waals surface area contributed by atoms with E-state index >= 15 is 0 Å². The average Bonchev–Trinajstić information content (AvgIpc) is 2.53. The van der Waals surface area contributed by atoms with Crippen LogP contribution in [0.3, 0.4) is 0 Å². The number of benzene rings is 1. The van der Waals surface area contributed by atoms with Crippen LogP contribution in [0.15, 0.2) is 29.3 Å². The second-order valence-corrected chi connectivity index (χ2v) is 6.09. The fraction of sp³-hybridized carbons (Fsp3) is 0.529. The number of guanidine groups is 1. The van der Waals surface area contributed by atoms with Crippen LogP contribution in [0.1, 0.15) is 48.5 Å². The van der Waals surface area contributed by atoms with Gasteiger partial charge in [0, 0.05) is 25.2 Å². The van der Waals surface area contributed by atoms with E-state index < -0.39 is 5.91 Å². The number of carbonyl (C=O) groups is 1. The number of hydrogen-bond acceptors (Lipinski definition) is 2. The molecule has 22 heavy (non-hydrogen) atoms. The molecule has 0 atom stereocenters. The first-order valence-electron chi connectivity index (χ1n) is 7.94. The van der Waals surface area contributed by atoms with Gasteiger partial charge in [-0.25, -0.2) is 0 Å². The maximum atomic E-state index is 11.2. The lowest BCUT2D eigenvalue weighted by atomic mass is 9.87. The Bertz CT molecular complexity index is 533. The van der Waals surface area contributed by atoms with Crippen LogP contribution in [0.4, 0.5) is 0 Å². The van der Waals surface area contributed by atoms with Crippen LogP contribution in [0, 0.1) is 5.92 Å². The highest BCUT2D eigenvalue weighted by molar-refractivity contribution is 5.92. The fourth-order valence-electron chi connectivity index (χ4n) is 2.81. The molecule has 0 spiro atoms. The van der Waals surface area contributed by atoms with E-state index in [4.69, 9.17) is 5.73 Å². The van der Waals surface area contributed by atoms with Crippen LogP contribution >= 0.6 is 0 Å². The van der Waals surface area contributed by atoms with E-state index in [1.54, 1.807) is 13.1 Å². The van der Waals surface area contributed by atoms with E-state index in [1.165, 1.54) is 25.7 Å². The van der Waals surface area contributed by atoms with Crippen molar-refractivity contribution in [2.45, 2.75) is 45.2 Å². The van der Waals surface area contributed by atoms with Gasteiger partial charge in [0.15, 0.2) is 5.96 Å². The van der Waals surface area contributed by atoms with Gasteiger partial charge in [0.25, 0.3) is 0 Å². The predicted molar refractivity (Wildman–Crippen MR) is 89.7 cm³/mol. The molecule has 4 N–H and O–H groups in total. The van der Waals surface area contributed by atoms with Gasteiger partial charge in [0.05, 0.1) is 0 Å². The molecule has 1 fully saturated rings. The summed E-state index contributed by atoms with van der Waals surface area (Å²) in [6.07, 6.45) is 4.93.